The Balaban J connectivity index is 1.48. The van der Waals surface area contributed by atoms with E-state index < -0.39 is 0 Å². The standard InChI is InChI=1S/C20H25N3O2S/c1-14(15-8-10-21-11-9-15)13-19(24)22-16-4-6-17(7-5-16)23-20(25)18-3-2-12-26-18/h2-7,12,14-15,21H,8-11,13H2,1H3,(H,22,24)(H,23,25). The normalized spacial score (nSPS) is 16.0. The Morgan fingerprint density at radius 3 is 2.38 bits per heavy atom. The molecule has 2 amide bonds. The van der Waals surface area contributed by atoms with Gasteiger partial charge in [0, 0.05) is 17.8 Å². The van der Waals surface area contributed by atoms with E-state index in [-0.39, 0.29) is 11.8 Å². The van der Waals surface area contributed by atoms with Gasteiger partial charge in [0.15, 0.2) is 0 Å². The fourth-order valence-electron chi connectivity index (χ4n) is 3.32. The minimum atomic E-state index is -0.118. The van der Waals surface area contributed by atoms with Crippen LogP contribution < -0.4 is 16.0 Å². The minimum absolute atomic E-state index is 0.0476. The second-order valence-corrected chi connectivity index (χ2v) is 7.77. The molecule has 3 N–H and O–H groups in total. The smallest absolute Gasteiger partial charge is 0.265 e. The zero-order valence-corrected chi connectivity index (χ0v) is 15.8. The van der Waals surface area contributed by atoms with E-state index in [1.165, 1.54) is 11.3 Å². The number of rotatable bonds is 6. The number of hydrogen-bond donors (Lipinski definition) is 3. The number of amides is 2. The largest absolute Gasteiger partial charge is 0.326 e. The fraction of sp³-hybridized carbons (Fsp3) is 0.400. The highest BCUT2D eigenvalue weighted by Gasteiger charge is 2.22. The van der Waals surface area contributed by atoms with Gasteiger partial charge in [-0.25, -0.2) is 0 Å². The van der Waals surface area contributed by atoms with Crippen molar-refractivity contribution in [3.05, 3.63) is 46.7 Å². The highest BCUT2D eigenvalue weighted by Crippen LogP contribution is 2.25. The zero-order chi connectivity index (χ0) is 18.4. The number of piperidine rings is 1. The maximum Gasteiger partial charge on any atom is 0.265 e. The second-order valence-electron chi connectivity index (χ2n) is 6.83. The van der Waals surface area contributed by atoms with E-state index in [4.69, 9.17) is 0 Å². The summed E-state index contributed by atoms with van der Waals surface area (Å²) in [5, 5.41) is 11.0. The molecule has 2 heterocycles. The van der Waals surface area contributed by atoms with Crippen LogP contribution in [0.3, 0.4) is 0 Å². The van der Waals surface area contributed by atoms with Crippen LogP contribution in [0.4, 0.5) is 11.4 Å². The Labute approximate surface area is 158 Å². The number of anilines is 2. The van der Waals surface area contributed by atoms with Gasteiger partial charge in [0.1, 0.15) is 0 Å². The van der Waals surface area contributed by atoms with Gasteiger partial charge in [-0.3, -0.25) is 9.59 Å². The maximum absolute atomic E-state index is 12.3. The maximum atomic E-state index is 12.3. The van der Waals surface area contributed by atoms with Crippen molar-refractivity contribution in [2.45, 2.75) is 26.2 Å². The van der Waals surface area contributed by atoms with Crippen molar-refractivity contribution in [2.75, 3.05) is 23.7 Å². The van der Waals surface area contributed by atoms with E-state index in [0.717, 1.165) is 31.6 Å². The van der Waals surface area contributed by atoms with Crippen molar-refractivity contribution in [3.8, 4) is 0 Å². The van der Waals surface area contributed by atoms with Gasteiger partial charge in [0.05, 0.1) is 4.88 Å². The molecule has 1 aliphatic rings. The van der Waals surface area contributed by atoms with Crippen molar-refractivity contribution < 1.29 is 9.59 Å². The topological polar surface area (TPSA) is 70.2 Å². The summed E-state index contributed by atoms with van der Waals surface area (Å²) in [6.07, 6.45) is 2.84. The number of nitrogens with one attached hydrogen (secondary N) is 3. The molecule has 1 fully saturated rings. The SMILES string of the molecule is CC(CC(=O)Nc1ccc(NC(=O)c2cccs2)cc1)C1CCNCC1. The molecule has 6 heteroatoms. The van der Waals surface area contributed by atoms with E-state index in [2.05, 4.69) is 22.9 Å². The lowest BCUT2D eigenvalue weighted by Crippen LogP contribution is -2.32. The summed E-state index contributed by atoms with van der Waals surface area (Å²) in [5.41, 5.74) is 1.46. The Hall–Kier alpha value is -2.18. The Kier molecular flexibility index (Phi) is 6.41. The van der Waals surface area contributed by atoms with Gasteiger partial charge >= 0.3 is 0 Å². The molecule has 5 nitrogen and oxygen atoms in total. The molecule has 0 spiro atoms. The van der Waals surface area contributed by atoms with Crippen LogP contribution in [0, 0.1) is 11.8 Å². The highest BCUT2D eigenvalue weighted by atomic mass is 32.1. The van der Waals surface area contributed by atoms with Gasteiger partial charge in [0.2, 0.25) is 5.91 Å². The van der Waals surface area contributed by atoms with Gasteiger partial charge in [-0.15, -0.1) is 11.3 Å². The van der Waals surface area contributed by atoms with E-state index in [1.807, 2.05) is 23.6 Å². The highest BCUT2D eigenvalue weighted by molar-refractivity contribution is 7.12. The van der Waals surface area contributed by atoms with E-state index in [0.29, 0.717) is 28.8 Å². The molecule has 1 aliphatic heterocycles. The first-order valence-corrected chi connectivity index (χ1v) is 9.95. The third kappa shape index (κ3) is 5.16. The minimum Gasteiger partial charge on any atom is -0.326 e. The molecular weight excluding hydrogens is 346 g/mol. The third-order valence-electron chi connectivity index (χ3n) is 4.87. The lowest BCUT2D eigenvalue weighted by Gasteiger charge is -2.27. The van der Waals surface area contributed by atoms with Crippen LogP contribution >= 0.6 is 11.3 Å². The van der Waals surface area contributed by atoms with E-state index in [9.17, 15) is 9.59 Å². The van der Waals surface area contributed by atoms with Gasteiger partial charge < -0.3 is 16.0 Å². The van der Waals surface area contributed by atoms with Crippen LogP contribution in [0.1, 0.15) is 35.9 Å². The predicted molar refractivity (Wildman–Crippen MR) is 107 cm³/mol. The first-order valence-electron chi connectivity index (χ1n) is 9.07. The third-order valence-corrected chi connectivity index (χ3v) is 5.74. The molecule has 1 aromatic heterocycles. The molecule has 1 aromatic carbocycles. The van der Waals surface area contributed by atoms with Crippen molar-refractivity contribution >= 4 is 34.5 Å². The Bertz CT molecular complexity index is 722. The summed E-state index contributed by atoms with van der Waals surface area (Å²) in [7, 11) is 0. The monoisotopic (exact) mass is 371 g/mol. The molecule has 138 valence electrons. The Morgan fingerprint density at radius 1 is 1.12 bits per heavy atom. The lowest BCUT2D eigenvalue weighted by molar-refractivity contribution is -0.117. The summed E-state index contributed by atoms with van der Waals surface area (Å²) >= 11 is 1.41. The van der Waals surface area contributed by atoms with Crippen LogP contribution in [-0.2, 0) is 4.79 Å². The quantitative estimate of drug-likeness (QED) is 0.720. The van der Waals surface area contributed by atoms with Gasteiger partial charge in [0.25, 0.3) is 5.91 Å². The molecule has 1 atom stereocenters. The van der Waals surface area contributed by atoms with E-state index >= 15 is 0 Å². The van der Waals surface area contributed by atoms with Crippen LogP contribution in [0.2, 0.25) is 0 Å². The summed E-state index contributed by atoms with van der Waals surface area (Å²) in [6.45, 7) is 4.27. The summed E-state index contributed by atoms with van der Waals surface area (Å²) < 4.78 is 0. The number of hydrogen-bond acceptors (Lipinski definition) is 4. The second kappa shape index (κ2) is 8.96. The summed E-state index contributed by atoms with van der Waals surface area (Å²) in [4.78, 5) is 25.0. The van der Waals surface area contributed by atoms with Crippen LogP contribution in [0.25, 0.3) is 0 Å². The summed E-state index contributed by atoms with van der Waals surface area (Å²) in [6, 6.07) is 10.9. The molecule has 0 bridgehead atoms. The average molecular weight is 372 g/mol. The summed E-state index contributed by atoms with van der Waals surface area (Å²) in [5.74, 6) is 0.942. The predicted octanol–water partition coefficient (Wildman–Crippen LogP) is 3.96. The fourth-order valence-corrected chi connectivity index (χ4v) is 3.94. The van der Waals surface area contributed by atoms with Crippen molar-refractivity contribution in [1.29, 1.82) is 0 Å². The van der Waals surface area contributed by atoms with Crippen LogP contribution in [-0.4, -0.2) is 24.9 Å². The number of carbonyl (C=O) groups is 2. The molecule has 1 saturated heterocycles. The first-order chi connectivity index (χ1) is 12.6. The Morgan fingerprint density at radius 2 is 1.77 bits per heavy atom. The lowest BCUT2D eigenvalue weighted by atomic mass is 9.84. The van der Waals surface area contributed by atoms with Crippen LogP contribution in [0.5, 0.6) is 0 Å². The van der Waals surface area contributed by atoms with Crippen molar-refractivity contribution in [2.24, 2.45) is 11.8 Å². The number of carbonyl (C=O) groups excluding carboxylic acids is 2. The molecule has 2 aromatic rings. The molecule has 0 radical (unpaired) electrons. The van der Waals surface area contributed by atoms with Gasteiger partial charge in [-0.05, 0) is 73.5 Å². The first kappa shape index (κ1) is 18.6. The van der Waals surface area contributed by atoms with Gasteiger partial charge in [-0.1, -0.05) is 13.0 Å². The van der Waals surface area contributed by atoms with Crippen LogP contribution in [0.15, 0.2) is 41.8 Å². The molecule has 26 heavy (non-hydrogen) atoms. The van der Waals surface area contributed by atoms with Crippen molar-refractivity contribution in [1.82, 2.24) is 5.32 Å². The molecule has 0 aliphatic carbocycles. The molecular formula is C20H25N3O2S. The van der Waals surface area contributed by atoms with Crippen molar-refractivity contribution in [3.63, 3.8) is 0 Å². The average Bonchev–Trinajstić information content (AvgIpc) is 3.19. The zero-order valence-electron chi connectivity index (χ0n) is 15.0. The number of benzene rings is 1. The van der Waals surface area contributed by atoms with Gasteiger partial charge in [-0.2, -0.15) is 0 Å². The molecule has 3 rings (SSSR count). The van der Waals surface area contributed by atoms with E-state index in [1.54, 1.807) is 18.2 Å². The number of thiophene rings is 1. The molecule has 0 saturated carbocycles. The molecule has 1 unspecified atom stereocenters.